The van der Waals surface area contributed by atoms with Gasteiger partial charge in [-0.2, -0.15) is 0 Å². The molecule has 0 spiro atoms. The quantitative estimate of drug-likeness (QED) is 0.758. The standard InChI is InChI=1S/C12H15N3O4/c1-15(6-2-3-10(16)17)12(19)9-5-4-8(7-14-9)11(13)18/h4-5,7H,2-3,6H2,1H3,(H2,13,18)(H,16,17). The third kappa shape index (κ3) is 4.38. The van der Waals surface area contributed by atoms with Crippen LogP contribution in [-0.2, 0) is 4.79 Å². The van der Waals surface area contributed by atoms with Gasteiger partial charge >= 0.3 is 5.97 Å². The van der Waals surface area contributed by atoms with E-state index in [0.29, 0.717) is 13.0 Å². The Balaban J connectivity index is 2.61. The summed E-state index contributed by atoms with van der Waals surface area (Å²) in [6, 6.07) is 2.84. The number of carboxylic acids is 1. The van der Waals surface area contributed by atoms with Crippen molar-refractivity contribution in [3.63, 3.8) is 0 Å². The Morgan fingerprint density at radius 1 is 1.37 bits per heavy atom. The highest BCUT2D eigenvalue weighted by molar-refractivity contribution is 5.95. The summed E-state index contributed by atoms with van der Waals surface area (Å²) in [5.41, 5.74) is 5.47. The minimum atomic E-state index is -0.898. The average Bonchev–Trinajstić information content (AvgIpc) is 2.37. The summed E-state index contributed by atoms with van der Waals surface area (Å²) in [5, 5.41) is 8.50. The fraction of sp³-hybridized carbons (Fsp3) is 0.333. The lowest BCUT2D eigenvalue weighted by Crippen LogP contribution is -2.29. The molecule has 3 N–H and O–H groups in total. The van der Waals surface area contributed by atoms with Gasteiger partial charge in [0.15, 0.2) is 0 Å². The fourth-order valence-corrected chi connectivity index (χ4v) is 1.43. The van der Waals surface area contributed by atoms with E-state index in [1.165, 1.54) is 23.2 Å². The first kappa shape index (κ1) is 14.6. The van der Waals surface area contributed by atoms with E-state index in [1.54, 1.807) is 7.05 Å². The predicted octanol–water partition coefficient (Wildman–Crippen LogP) is 0.117. The van der Waals surface area contributed by atoms with Crippen LogP contribution in [0, 0.1) is 0 Å². The summed E-state index contributed by atoms with van der Waals surface area (Å²) < 4.78 is 0. The molecule has 1 heterocycles. The summed E-state index contributed by atoms with van der Waals surface area (Å²) >= 11 is 0. The largest absolute Gasteiger partial charge is 0.481 e. The Morgan fingerprint density at radius 2 is 2.05 bits per heavy atom. The Labute approximate surface area is 110 Å². The second-order valence-electron chi connectivity index (χ2n) is 4.02. The molecule has 0 aliphatic carbocycles. The summed E-state index contributed by atoms with van der Waals surface area (Å²) in [7, 11) is 1.56. The summed E-state index contributed by atoms with van der Waals surface area (Å²) in [4.78, 5) is 38.4. The number of carbonyl (C=O) groups excluding carboxylic acids is 2. The van der Waals surface area contributed by atoms with Crippen LogP contribution in [0.5, 0.6) is 0 Å². The lowest BCUT2D eigenvalue weighted by atomic mass is 10.2. The number of hydrogen-bond acceptors (Lipinski definition) is 4. The van der Waals surface area contributed by atoms with Crippen LogP contribution in [0.1, 0.15) is 33.7 Å². The number of carboxylic acid groups (broad SMARTS) is 1. The van der Waals surface area contributed by atoms with Gasteiger partial charge in [0.2, 0.25) is 5.91 Å². The van der Waals surface area contributed by atoms with E-state index in [9.17, 15) is 14.4 Å². The van der Waals surface area contributed by atoms with E-state index >= 15 is 0 Å². The van der Waals surface area contributed by atoms with Crippen molar-refractivity contribution in [2.75, 3.05) is 13.6 Å². The van der Waals surface area contributed by atoms with Gasteiger partial charge in [-0.05, 0) is 18.6 Å². The van der Waals surface area contributed by atoms with Gasteiger partial charge in [0.05, 0.1) is 5.56 Å². The van der Waals surface area contributed by atoms with E-state index in [2.05, 4.69) is 4.98 Å². The molecule has 0 fully saturated rings. The van der Waals surface area contributed by atoms with E-state index < -0.39 is 11.9 Å². The molecule has 0 bridgehead atoms. The Morgan fingerprint density at radius 3 is 2.53 bits per heavy atom. The SMILES string of the molecule is CN(CCCC(=O)O)C(=O)c1ccc(C(N)=O)cn1. The second kappa shape index (κ2) is 6.48. The van der Waals surface area contributed by atoms with Crippen LogP contribution in [0.4, 0.5) is 0 Å². The molecule has 1 rings (SSSR count). The maximum absolute atomic E-state index is 11.9. The van der Waals surface area contributed by atoms with E-state index in [0.717, 1.165) is 0 Å². The topological polar surface area (TPSA) is 114 Å². The third-order valence-electron chi connectivity index (χ3n) is 2.50. The Kier molecular flexibility index (Phi) is 4.99. The van der Waals surface area contributed by atoms with Crippen LogP contribution in [0.3, 0.4) is 0 Å². The van der Waals surface area contributed by atoms with Crippen LogP contribution >= 0.6 is 0 Å². The highest BCUT2D eigenvalue weighted by Crippen LogP contribution is 2.04. The molecule has 0 aliphatic rings. The van der Waals surface area contributed by atoms with Crippen LogP contribution in [0.2, 0.25) is 0 Å². The summed E-state index contributed by atoms with van der Waals surface area (Å²) in [6.07, 6.45) is 1.61. The molecule has 7 heteroatoms. The van der Waals surface area contributed by atoms with Crippen LogP contribution < -0.4 is 5.73 Å². The Hall–Kier alpha value is -2.44. The van der Waals surface area contributed by atoms with E-state index in [1.807, 2.05) is 0 Å². The summed E-state index contributed by atoms with van der Waals surface area (Å²) in [5.74, 6) is -1.84. The molecule has 0 saturated carbocycles. The molecule has 0 aliphatic heterocycles. The highest BCUT2D eigenvalue weighted by Gasteiger charge is 2.13. The van der Waals surface area contributed by atoms with E-state index in [-0.39, 0.29) is 23.6 Å². The number of rotatable bonds is 6. The number of aliphatic carboxylic acids is 1. The first-order valence-electron chi connectivity index (χ1n) is 5.65. The van der Waals surface area contributed by atoms with Crippen molar-refractivity contribution in [3.8, 4) is 0 Å². The molecule has 0 aromatic carbocycles. The highest BCUT2D eigenvalue weighted by atomic mass is 16.4. The zero-order chi connectivity index (χ0) is 14.4. The molecule has 19 heavy (non-hydrogen) atoms. The van der Waals surface area contributed by atoms with Gasteiger partial charge in [-0.3, -0.25) is 19.4 Å². The van der Waals surface area contributed by atoms with Crippen molar-refractivity contribution < 1.29 is 19.5 Å². The van der Waals surface area contributed by atoms with Gasteiger partial charge in [-0.25, -0.2) is 0 Å². The first-order chi connectivity index (χ1) is 8.91. The molecule has 0 unspecified atom stereocenters. The average molecular weight is 265 g/mol. The number of aromatic nitrogens is 1. The van der Waals surface area contributed by atoms with Crippen molar-refractivity contribution >= 4 is 17.8 Å². The Bertz CT molecular complexity index is 484. The van der Waals surface area contributed by atoms with E-state index in [4.69, 9.17) is 10.8 Å². The molecule has 1 aromatic rings. The van der Waals surface area contributed by atoms with Crippen molar-refractivity contribution in [3.05, 3.63) is 29.6 Å². The molecule has 0 radical (unpaired) electrons. The maximum atomic E-state index is 11.9. The number of primary amides is 1. The lowest BCUT2D eigenvalue weighted by Gasteiger charge is -2.15. The van der Waals surface area contributed by atoms with Crippen molar-refractivity contribution in [2.24, 2.45) is 5.73 Å². The number of hydrogen-bond donors (Lipinski definition) is 2. The third-order valence-corrected chi connectivity index (χ3v) is 2.50. The zero-order valence-electron chi connectivity index (χ0n) is 10.5. The number of nitrogens with two attached hydrogens (primary N) is 1. The minimum absolute atomic E-state index is 0.00562. The van der Waals surface area contributed by atoms with Crippen molar-refractivity contribution in [1.29, 1.82) is 0 Å². The monoisotopic (exact) mass is 265 g/mol. The summed E-state index contributed by atoms with van der Waals surface area (Å²) in [6.45, 7) is 0.324. The van der Waals surface area contributed by atoms with Crippen molar-refractivity contribution in [2.45, 2.75) is 12.8 Å². The smallest absolute Gasteiger partial charge is 0.303 e. The lowest BCUT2D eigenvalue weighted by molar-refractivity contribution is -0.137. The van der Waals surface area contributed by atoms with Gasteiger partial charge in [0.1, 0.15) is 5.69 Å². The molecule has 1 aromatic heterocycles. The van der Waals surface area contributed by atoms with Gasteiger partial charge in [-0.1, -0.05) is 0 Å². The molecular weight excluding hydrogens is 250 g/mol. The molecular formula is C12H15N3O4. The minimum Gasteiger partial charge on any atom is -0.481 e. The zero-order valence-corrected chi connectivity index (χ0v) is 10.5. The van der Waals surface area contributed by atoms with Crippen LogP contribution in [0.25, 0.3) is 0 Å². The van der Waals surface area contributed by atoms with Gasteiger partial charge < -0.3 is 15.7 Å². The number of pyridine rings is 1. The molecule has 2 amide bonds. The predicted molar refractivity (Wildman–Crippen MR) is 66.6 cm³/mol. The normalized spacial score (nSPS) is 9.95. The molecule has 0 saturated heterocycles. The molecule has 102 valence electrons. The number of nitrogens with zero attached hydrogens (tertiary/aromatic N) is 2. The second-order valence-corrected chi connectivity index (χ2v) is 4.02. The first-order valence-corrected chi connectivity index (χ1v) is 5.65. The molecule has 7 nitrogen and oxygen atoms in total. The number of carbonyl (C=O) groups is 3. The maximum Gasteiger partial charge on any atom is 0.303 e. The van der Waals surface area contributed by atoms with Gasteiger partial charge in [0, 0.05) is 26.2 Å². The van der Waals surface area contributed by atoms with Gasteiger partial charge in [-0.15, -0.1) is 0 Å². The van der Waals surface area contributed by atoms with Gasteiger partial charge in [0.25, 0.3) is 5.91 Å². The molecule has 0 atom stereocenters. The van der Waals surface area contributed by atoms with Crippen LogP contribution in [-0.4, -0.2) is 46.4 Å². The van der Waals surface area contributed by atoms with Crippen molar-refractivity contribution in [1.82, 2.24) is 9.88 Å². The van der Waals surface area contributed by atoms with Crippen LogP contribution in [0.15, 0.2) is 18.3 Å². The fourth-order valence-electron chi connectivity index (χ4n) is 1.43. The number of amides is 2.